The minimum absolute atomic E-state index is 0.104. The van der Waals surface area contributed by atoms with E-state index >= 15 is 0 Å². The Hall–Kier alpha value is -1.95. The zero-order valence-electron chi connectivity index (χ0n) is 11.5. The van der Waals surface area contributed by atoms with Crippen molar-refractivity contribution in [2.45, 2.75) is 24.8 Å². The standard InChI is InChI=1S/C15H15NO4S/c1-2-13-16(11(8-21-13)15(18)19)14(17)10-7-20-12-6-4-3-5-9(10)12/h3-7,11,13H,2,8H2,1H3,(H,18,19). The molecule has 0 bridgehead atoms. The van der Waals surface area contributed by atoms with E-state index in [1.165, 1.54) is 22.9 Å². The first-order valence-electron chi connectivity index (χ1n) is 6.76. The number of aliphatic carboxylic acids is 1. The van der Waals surface area contributed by atoms with Gasteiger partial charge in [0.15, 0.2) is 0 Å². The van der Waals surface area contributed by atoms with Crippen molar-refractivity contribution in [3.63, 3.8) is 0 Å². The van der Waals surface area contributed by atoms with E-state index in [0.717, 1.165) is 11.8 Å². The molecule has 1 aliphatic rings. The number of para-hydroxylation sites is 1. The monoisotopic (exact) mass is 305 g/mol. The van der Waals surface area contributed by atoms with Crippen LogP contribution < -0.4 is 0 Å². The van der Waals surface area contributed by atoms with Gasteiger partial charge in [-0.3, -0.25) is 4.79 Å². The lowest BCUT2D eigenvalue weighted by Gasteiger charge is -2.26. The molecule has 0 saturated carbocycles. The molecule has 2 aromatic rings. The lowest BCUT2D eigenvalue weighted by atomic mass is 10.1. The number of rotatable bonds is 3. The molecule has 1 fully saturated rings. The number of thioether (sulfide) groups is 1. The number of amides is 1. The van der Waals surface area contributed by atoms with Gasteiger partial charge < -0.3 is 14.4 Å². The summed E-state index contributed by atoms with van der Waals surface area (Å²) in [7, 11) is 0. The molecular formula is C15H15NO4S. The van der Waals surface area contributed by atoms with Crippen molar-refractivity contribution in [2.24, 2.45) is 0 Å². The van der Waals surface area contributed by atoms with E-state index in [2.05, 4.69) is 0 Å². The topological polar surface area (TPSA) is 70.8 Å². The summed E-state index contributed by atoms with van der Waals surface area (Å²) in [6, 6.07) is 6.49. The fourth-order valence-corrected chi connectivity index (χ4v) is 3.97. The lowest BCUT2D eigenvalue weighted by Crippen LogP contribution is -2.45. The van der Waals surface area contributed by atoms with E-state index in [9.17, 15) is 14.7 Å². The normalized spacial score (nSPS) is 21.9. The Bertz CT molecular complexity index is 696. The Morgan fingerprint density at radius 1 is 1.43 bits per heavy atom. The summed E-state index contributed by atoms with van der Waals surface area (Å²) in [5.41, 5.74) is 1.06. The van der Waals surface area contributed by atoms with Crippen molar-refractivity contribution >= 4 is 34.6 Å². The van der Waals surface area contributed by atoms with Crippen LogP contribution in [-0.4, -0.2) is 39.1 Å². The number of hydrogen-bond acceptors (Lipinski definition) is 4. The Balaban J connectivity index is 2.01. The Labute approximate surface area is 125 Å². The van der Waals surface area contributed by atoms with Crippen molar-refractivity contribution in [3.05, 3.63) is 36.1 Å². The van der Waals surface area contributed by atoms with Gasteiger partial charge in [0.2, 0.25) is 0 Å². The van der Waals surface area contributed by atoms with Crippen LogP contribution in [-0.2, 0) is 4.79 Å². The minimum Gasteiger partial charge on any atom is -0.480 e. The SMILES string of the molecule is CCC1SCC(C(=O)O)N1C(=O)c1coc2ccccc12. The van der Waals surface area contributed by atoms with E-state index in [1.807, 2.05) is 25.1 Å². The van der Waals surface area contributed by atoms with Crippen molar-refractivity contribution in [1.82, 2.24) is 4.90 Å². The van der Waals surface area contributed by atoms with Gasteiger partial charge in [-0.2, -0.15) is 0 Å². The zero-order chi connectivity index (χ0) is 15.0. The van der Waals surface area contributed by atoms with Gasteiger partial charge >= 0.3 is 5.97 Å². The molecule has 110 valence electrons. The highest BCUT2D eigenvalue weighted by atomic mass is 32.2. The Morgan fingerprint density at radius 2 is 2.19 bits per heavy atom. The molecule has 2 atom stereocenters. The number of carboxylic acids is 1. The molecule has 2 heterocycles. The summed E-state index contributed by atoms with van der Waals surface area (Å²) in [5, 5.41) is 9.94. The molecule has 0 radical (unpaired) electrons. The van der Waals surface area contributed by atoms with E-state index in [0.29, 0.717) is 16.9 Å². The van der Waals surface area contributed by atoms with Gasteiger partial charge in [-0.25, -0.2) is 4.79 Å². The highest BCUT2D eigenvalue weighted by Crippen LogP contribution is 2.34. The zero-order valence-corrected chi connectivity index (χ0v) is 12.3. The van der Waals surface area contributed by atoms with E-state index in [1.54, 1.807) is 6.07 Å². The van der Waals surface area contributed by atoms with Crippen LogP contribution in [0.4, 0.5) is 0 Å². The predicted molar refractivity (Wildman–Crippen MR) is 80.3 cm³/mol. The predicted octanol–water partition coefficient (Wildman–Crippen LogP) is 2.81. The van der Waals surface area contributed by atoms with Crippen LogP contribution in [0.25, 0.3) is 11.0 Å². The second-order valence-electron chi connectivity index (χ2n) is 4.91. The van der Waals surface area contributed by atoms with Crippen LogP contribution >= 0.6 is 11.8 Å². The van der Waals surface area contributed by atoms with Gasteiger partial charge in [-0.1, -0.05) is 25.1 Å². The molecule has 21 heavy (non-hydrogen) atoms. The van der Waals surface area contributed by atoms with Crippen LogP contribution in [0.2, 0.25) is 0 Å². The molecule has 2 unspecified atom stereocenters. The number of carboxylic acid groups (broad SMARTS) is 1. The van der Waals surface area contributed by atoms with Gasteiger partial charge in [-0.05, 0) is 12.5 Å². The van der Waals surface area contributed by atoms with Crippen LogP contribution in [0.3, 0.4) is 0 Å². The summed E-state index contributed by atoms with van der Waals surface area (Å²) in [5.74, 6) is -0.807. The molecule has 3 rings (SSSR count). The van der Waals surface area contributed by atoms with Crippen molar-refractivity contribution < 1.29 is 19.1 Å². The van der Waals surface area contributed by atoms with Crippen molar-refractivity contribution in [2.75, 3.05) is 5.75 Å². The number of fused-ring (bicyclic) bond motifs is 1. The summed E-state index contributed by atoms with van der Waals surface area (Å²) < 4.78 is 5.39. The number of nitrogens with zero attached hydrogens (tertiary/aromatic N) is 1. The molecule has 6 heteroatoms. The molecule has 1 N–H and O–H groups in total. The number of hydrogen-bond donors (Lipinski definition) is 1. The molecule has 1 aliphatic heterocycles. The third kappa shape index (κ3) is 2.29. The largest absolute Gasteiger partial charge is 0.480 e. The molecular weight excluding hydrogens is 290 g/mol. The first kappa shape index (κ1) is 14.0. The maximum absolute atomic E-state index is 12.8. The van der Waals surface area contributed by atoms with Gasteiger partial charge in [0.05, 0.1) is 10.9 Å². The second kappa shape index (κ2) is 5.44. The fourth-order valence-electron chi connectivity index (χ4n) is 2.62. The average Bonchev–Trinajstić information content (AvgIpc) is 3.10. The summed E-state index contributed by atoms with van der Waals surface area (Å²) >= 11 is 1.51. The number of carbonyl (C=O) groups excluding carboxylic acids is 1. The maximum atomic E-state index is 12.8. The van der Waals surface area contributed by atoms with E-state index in [4.69, 9.17) is 4.42 Å². The molecule has 1 aromatic carbocycles. The smallest absolute Gasteiger partial charge is 0.327 e. The Morgan fingerprint density at radius 3 is 2.90 bits per heavy atom. The first-order chi connectivity index (χ1) is 10.1. The lowest BCUT2D eigenvalue weighted by molar-refractivity contribution is -0.141. The van der Waals surface area contributed by atoms with Gasteiger partial charge in [0.25, 0.3) is 5.91 Å². The maximum Gasteiger partial charge on any atom is 0.327 e. The second-order valence-corrected chi connectivity index (χ2v) is 6.12. The minimum atomic E-state index is -0.959. The summed E-state index contributed by atoms with van der Waals surface area (Å²) in [4.78, 5) is 25.7. The highest BCUT2D eigenvalue weighted by Gasteiger charge is 2.41. The molecule has 0 spiro atoms. The van der Waals surface area contributed by atoms with Crippen LogP contribution in [0.1, 0.15) is 23.7 Å². The highest BCUT2D eigenvalue weighted by molar-refractivity contribution is 8.00. The van der Waals surface area contributed by atoms with Gasteiger partial charge in [0, 0.05) is 11.1 Å². The van der Waals surface area contributed by atoms with E-state index < -0.39 is 12.0 Å². The molecule has 0 aliphatic carbocycles. The quantitative estimate of drug-likeness (QED) is 0.944. The Kier molecular flexibility index (Phi) is 3.63. The van der Waals surface area contributed by atoms with Crippen LogP contribution in [0, 0.1) is 0 Å². The van der Waals surface area contributed by atoms with Gasteiger partial charge in [-0.15, -0.1) is 11.8 Å². The third-order valence-electron chi connectivity index (χ3n) is 3.67. The number of benzene rings is 1. The summed E-state index contributed by atoms with van der Waals surface area (Å²) in [6.45, 7) is 1.95. The first-order valence-corrected chi connectivity index (χ1v) is 7.81. The van der Waals surface area contributed by atoms with E-state index in [-0.39, 0.29) is 11.3 Å². The number of carbonyl (C=O) groups is 2. The molecule has 1 saturated heterocycles. The van der Waals surface area contributed by atoms with Gasteiger partial charge in [0.1, 0.15) is 17.9 Å². The average molecular weight is 305 g/mol. The molecule has 1 aromatic heterocycles. The molecule has 1 amide bonds. The fraction of sp³-hybridized carbons (Fsp3) is 0.333. The van der Waals surface area contributed by atoms with Crippen molar-refractivity contribution in [3.8, 4) is 0 Å². The van der Waals surface area contributed by atoms with Crippen molar-refractivity contribution in [1.29, 1.82) is 0 Å². The van der Waals surface area contributed by atoms with Crippen LogP contribution in [0.5, 0.6) is 0 Å². The molecule has 5 nitrogen and oxygen atoms in total. The summed E-state index contributed by atoms with van der Waals surface area (Å²) in [6.07, 6.45) is 2.14. The van der Waals surface area contributed by atoms with Crippen LogP contribution in [0.15, 0.2) is 34.9 Å². The third-order valence-corrected chi connectivity index (χ3v) is 5.13. The number of furan rings is 1.